The van der Waals surface area contributed by atoms with E-state index in [0.29, 0.717) is 29.3 Å². The van der Waals surface area contributed by atoms with Crippen molar-refractivity contribution >= 4 is 35.0 Å². The van der Waals surface area contributed by atoms with E-state index in [1.165, 1.54) is 0 Å². The SMILES string of the molecule is C=CC[C@@]1(C)C[C@H](c2cccc(Cl)c2)[C@@H](c2ccc(Cl)cc2)N(C(CC)C(=O)NC(C)(C)C)C1=O. The summed E-state index contributed by atoms with van der Waals surface area (Å²) >= 11 is 12.6. The van der Waals surface area contributed by atoms with E-state index in [1.54, 1.807) is 6.08 Å². The Balaban J connectivity index is 2.24. The highest BCUT2D eigenvalue weighted by Crippen LogP contribution is 2.52. The molecule has 0 aliphatic carbocycles. The summed E-state index contributed by atoms with van der Waals surface area (Å²) < 4.78 is 0. The Morgan fingerprint density at radius 3 is 2.37 bits per heavy atom. The highest BCUT2D eigenvalue weighted by atomic mass is 35.5. The first-order valence-corrected chi connectivity index (χ1v) is 12.9. The van der Waals surface area contributed by atoms with E-state index in [-0.39, 0.29) is 23.8 Å². The van der Waals surface area contributed by atoms with Crippen LogP contribution in [0.1, 0.15) is 77.0 Å². The average Bonchev–Trinajstić information content (AvgIpc) is 2.77. The normalized spacial score (nSPS) is 23.6. The van der Waals surface area contributed by atoms with Gasteiger partial charge in [-0.05, 0) is 75.4 Å². The van der Waals surface area contributed by atoms with E-state index in [4.69, 9.17) is 23.2 Å². The number of nitrogens with zero attached hydrogens (tertiary/aromatic N) is 1. The average molecular weight is 516 g/mol. The molecule has 4 atom stereocenters. The Morgan fingerprint density at radius 2 is 1.83 bits per heavy atom. The highest BCUT2D eigenvalue weighted by Gasteiger charge is 2.52. The lowest BCUT2D eigenvalue weighted by Crippen LogP contribution is -2.60. The second-order valence-electron chi connectivity index (χ2n) is 10.8. The van der Waals surface area contributed by atoms with Gasteiger partial charge in [0.2, 0.25) is 11.8 Å². The number of halogens is 2. The Kier molecular flexibility index (Phi) is 8.39. The van der Waals surface area contributed by atoms with Gasteiger partial charge in [0.1, 0.15) is 6.04 Å². The molecule has 0 spiro atoms. The first kappa shape index (κ1) is 27.3. The van der Waals surface area contributed by atoms with Gasteiger partial charge in [-0.1, -0.05) is 67.4 Å². The van der Waals surface area contributed by atoms with Crippen molar-refractivity contribution in [1.82, 2.24) is 10.2 Å². The molecule has 1 aliphatic heterocycles. The van der Waals surface area contributed by atoms with Gasteiger partial charge in [-0.2, -0.15) is 0 Å². The van der Waals surface area contributed by atoms with Crippen molar-refractivity contribution in [3.63, 3.8) is 0 Å². The number of carbonyl (C=O) groups is 2. The number of piperidine rings is 1. The second-order valence-corrected chi connectivity index (χ2v) is 11.7. The fraction of sp³-hybridized carbons (Fsp3) is 0.448. The summed E-state index contributed by atoms with van der Waals surface area (Å²) in [6.07, 6.45) is 3.41. The molecular weight excluding hydrogens is 479 g/mol. The standard InChI is InChI=1S/C29H36Cl2N2O2/c1-7-16-29(6)18-23(20-10-9-11-22(31)17-20)25(19-12-14-21(30)15-13-19)33(27(29)35)24(8-2)26(34)32-28(3,4)5/h7,9-15,17,23-25H,1,8,16,18H2,2-6H3,(H,32,34)/t23-,24?,25-,29+/m1/s1. The Morgan fingerprint density at radius 1 is 1.17 bits per heavy atom. The minimum absolute atomic E-state index is 0.0356. The van der Waals surface area contributed by atoms with Crippen molar-refractivity contribution < 1.29 is 9.59 Å². The topological polar surface area (TPSA) is 49.4 Å². The van der Waals surface area contributed by atoms with E-state index in [0.717, 1.165) is 11.1 Å². The molecule has 1 unspecified atom stereocenters. The van der Waals surface area contributed by atoms with Crippen LogP contribution in [-0.4, -0.2) is 28.3 Å². The monoisotopic (exact) mass is 514 g/mol. The summed E-state index contributed by atoms with van der Waals surface area (Å²) in [5.74, 6) is -0.263. The molecule has 1 aliphatic rings. The molecule has 0 saturated carbocycles. The van der Waals surface area contributed by atoms with E-state index < -0.39 is 17.0 Å². The molecule has 1 heterocycles. The Bertz CT molecular complexity index is 1080. The van der Waals surface area contributed by atoms with Gasteiger partial charge in [-0.15, -0.1) is 6.58 Å². The van der Waals surface area contributed by atoms with Crippen molar-refractivity contribution in [2.45, 2.75) is 77.4 Å². The van der Waals surface area contributed by atoms with Crippen LogP contribution in [0.2, 0.25) is 10.0 Å². The smallest absolute Gasteiger partial charge is 0.243 e. The summed E-state index contributed by atoms with van der Waals surface area (Å²) in [7, 11) is 0. The van der Waals surface area contributed by atoms with Crippen LogP contribution in [0.4, 0.5) is 0 Å². The number of hydrogen-bond acceptors (Lipinski definition) is 2. The number of nitrogens with one attached hydrogen (secondary N) is 1. The van der Waals surface area contributed by atoms with E-state index in [9.17, 15) is 9.59 Å². The number of hydrogen-bond donors (Lipinski definition) is 1. The molecule has 1 N–H and O–H groups in total. The van der Waals surface area contributed by atoms with Crippen LogP contribution in [0.25, 0.3) is 0 Å². The van der Waals surface area contributed by atoms with Crippen LogP contribution in [0.15, 0.2) is 61.2 Å². The molecule has 1 saturated heterocycles. The zero-order valence-corrected chi connectivity index (χ0v) is 22.8. The molecule has 188 valence electrons. The third-order valence-electron chi connectivity index (χ3n) is 6.71. The number of carbonyl (C=O) groups excluding carboxylic acids is 2. The molecule has 35 heavy (non-hydrogen) atoms. The lowest BCUT2D eigenvalue weighted by molar-refractivity contribution is -0.159. The molecule has 0 bridgehead atoms. The number of rotatable bonds is 7. The van der Waals surface area contributed by atoms with Gasteiger partial charge in [0.25, 0.3) is 0 Å². The van der Waals surface area contributed by atoms with Crippen molar-refractivity contribution in [1.29, 1.82) is 0 Å². The Hall–Kier alpha value is -2.30. The summed E-state index contributed by atoms with van der Waals surface area (Å²) in [5, 5.41) is 4.36. The number of likely N-dealkylation sites (tertiary alicyclic amines) is 1. The zero-order chi connectivity index (χ0) is 26.0. The largest absolute Gasteiger partial charge is 0.350 e. The highest BCUT2D eigenvalue weighted by molar-refractivity contribution is 6.30. The second kappa shape index (κ2) is 10.8. The minimum atomic E-state index is -0.701. The fourth-order valence-electron chi connectivity index (χ4n) is 5.19. The molecule has 2 aromatic carbocycles. The van der Waals surface area contributed by atoms with Gasteiger partial charge in [0.05, 0.1) is 11.5 Å². The van der Waals surface area contributed by atoms with E-state index >= 15 is 0 Å². The predicted octanol–water partition coefficient (Wildman–Crippen LogP) is 7.33. The summed E-state index contributed by atoms with van der Waals surface area (Å²) in [5.41, 5.74) is 0.856. The van der Waals surface area contributed by atoms with Crippen molar-refractivity contribution in [3.8, 4) is 0 Å². The van der Waals surface area contributed by atoms with Gasteiger partial charge < -0.3 is 10.2 Å². The first-order valence-electron chi connectivity index (χ1n) is 12.2. The molecule has 2 amide bonds. The van der Waals surface area contributed by atoms with Crippen LogP contribution in [0.5, 0.6) is 0 Å². The van der Waals surface area contributed by atoms with E-state index in [1.807, 2.05) is 82.0 Å². The van der Waals surface area contributed by atoms with Crippen molar-refractivity contribution in [2.24, 2.45) is 5.41 Å². The minimum Gasteiger partial charge on any atom is -0.350 e. The number of benzene rings is 2. The van der Waals surface area contributed by atoms with Crippen LogP contribution in [0, 0.1) is 5.41 Å². The lowest BCUT2D eigenvalue weighted by Gasteiger charge is -2.51. The number of amides is 2. The third-order valence-corrected chi connectivity index (χ3v) is 7.20. The van der Waals surface area contributed by atoms with Gasteiger partial charge >= 0.3 is 0 Å². The molecule has 1 fully saturated rings. The van der Waals surface area contributed by atoms with Crippen LogP contribution < -0.4 is 5.32 Å². The summed E-state index contributed by atoms with van der Waals surface area (Å²) in [4.78, 5) is 29.6. The summed E-state index contributed by atoms with van der Waals surface area (Å²) in [6.45, 7) is 13.7. The molecular formula is C29H36Cl2N2O2. The van der Waals surface area contributed by atoms with Crippen molar-refractivity contribution in [3.05, 3.63) is 82.4 Å². The quantitative estimate of drug-likeness (QED) is 0.393. The van der Waals surface area contributed by atoms with E-state index in [2.05, 4.69) is 18.0 Å². The van der Waals surface area contributed by atoms with Crippen LogP contribution in [0.3, 0.4) is 0 Å². The zero-order valence-electron chi connectivity index (χ0n) is 21.3. The van der Waals surface area contributed by atoms with Crippen LogP contribution >= 0.6 is 23.2 Å². The van der Waals surface area contributed by atoms with Gasteiger partial charge in [0, 0.05) is 21.5 Å². The molecule has 2 aromatic rings. The fourth-order valence-corrected chi connectivity index (χ4v) is 5.52. The maximum atomic E-state index is 14.2. The summed E-state index contributed by atoms with van der Waals surface area (Å²) in [6, 6.07) is 14.4. The van der Waals surface area contributed by atoms with Gasteiger partial charge in [-0.25, -0.2) is 0 Å². The molecule has 4 nitrogen and oxygen atoms in total. The molecule has 6 heteroatoms. The van der Waals surface area contributed by atoms with Gasteiger partial charge in [-0.3, -0.25) is 9.59 Å². The Labute approximate surface area is 219 Å². The number of allylic oxidation sites excluding steroid dienone is 1. The van der Waals surface area contributed by atoms with Gasteiger partial charge in [0.15, 0.2) is 0 Å². The third kappa shape index (κ3) is 6.10. The molecule has 3 rings (SSSR count). The first-order chi connectivity index (χ1) is 16.4. The maximum Gasteiger partial charge on any atom is 0.243 e. The predicted molar refractivity (Wildman–Crippen MR) is 145 cm³/mol. The molecule has 0 radical (unpaired) electrons. The van der Waals surface area contributed by atoms with Crippen LogP contribution in [-0.2, 0) is 9.59 Å². The molecule has 0 aromatic heterocycles. The van der Waals surface area contributed by atoms with Crippen molar-refractivity contribution in [2.75, 3.05) is 0 Å². The lowest BCUT2D eigenvalue weighted by atomic mass is 9.67. The maximum absolute atomic E-state index is 14.2.